The first-order valence-electron chi connectivity index (χ1n) is 5.54. The van der Waals surface area contributed by atoms with Crippen molar-refractivity contribution in [1.82, 2.24) is 9.78 Å². The van der Waals surface area contributed by atoms with Gasteiger partial charge in [0.25, 0.3) is 0 Å². The summed E-state index contributed by atoms with van der Waals surface area (Å²) in [6.07, 6.45) is 1.50. The normalized spacial score (nSPS) is 18.4. The van der Waals surface area contributed by atoms with Crippen LogP contribution in [0.15, 0.2) is 5.03 Å². The highest BCUT2D eigenvalue weighted by molar-refractivity contribution is 7.91. The number of anilines is 1. The number of aromatic nitrogens is 2. The number of carbonyl (C=O) groups excluding carboxylic acids is 1. The summed E-state index contributed by atoms with van der Waals surface area (Å²) in [5.74, 6) is -0.422. The fraction of sp³-hybridized carbons (Fsp3) is 0.600. The predicted molar refractivity (Wildman–Crippen MR) is 62.5 cm³/mol. The average Bonchev–Trinajstić information content (AvgIpc) is 2.47. The molecule has 1 aromatic heterocycles. The van der Waals surface area contributed by atoms with E-state index in [-0.39, 0.29) is 23.1 Å². The van der Waals surface area contributed by atoms with E-state index in [2.05, 4.69) is 10.4 Å². The maximum absolute atomic E-state index is 12.0. The summed E-state index contributed by atoms with van der Waals surface area (Å²) < 4.78 is 25.4. The maximum atomic E-state index is 12.0. The third kappa shape index (κ3) is 2.06. The molecule has 1 aliphatic rings. The molecule has 0 atom stereocenters. The smallest absolute Gasteiger partial charge is 0.225 e. The fourth-order valence-corrected chi connectivity index (χ4v) is 3.55. The minimum atomic E-state index is -3.42. The van der Waals surface area contributed by atoms with E-state index in [1.54, 1.807) is 7.05 Å². The van der Waals surface area contributed by atoms with E-state index >= 15 is 0 Å². The van der Waals surface area contributed by atoms with Crippen molar-refractivity contribution in [3.8, 4) is 0 Å². The number of carbonyl (C=O) groups is 1. The molecule has 0 aliphatic carbocycles. The number of hydrogen-bond acceptors (Lipinski definition) is 4. The van der Waals surface area contributed by atoms with Crippen molar-refractivity contribution < 1.29 is 13.2 Å². The summed E-state index contributed by atoms with van der Waals surface area (Å²) in [7, 11) is -1.83. The molecule has 2 rings (SSSR count). The highest BCUT2D eigenvalue weighted by Crippen LogP contribution is 2.29. The Kier molecular flexibility index (Phi) is 2.94. The molecule has 0 aromatic carbocycles. The van der Waals surface area contributed by atoms with E-state index in [1.807, 2.05) is 6.92 Å². The molecule has 0 spiro atoms. The quantitative estimate of drug-likeness (QED) is 0.836. The van der Waals surface area contributed by atoms with Crippen LogP contribution in [0.5, 0.6) is 0 Å². The Hall–Kier alpha value is -1.37. The van der Waals surface area contributed by atoms with Crippen LogP contribution in [0.4, 0.5) is 5.69 Å². The van der Waals surface area contributed by atoms with Crippen LogP contribution in [0.1, 0.15) is 25.5 Å². The molecule has 17 heavy (non-hydrogen) atoms. The lowest BCUT2D eigenvalue weighted by molar-refractivity contribution is -0.115. The van der Waals surface area contributed by atoms with Gasteiger partial charge in [-0.25, -0.2) is 8.42 Å². The van der Waals surface area contributed by atoms with Gasteiger partial charge in [0, 0.05) is 13.5 Å². The first-order chi connectivity index (χ1) is 7.95. The molecule has 0 radical (unpaired) electrons. The Bertz CT molecular complexity index is 560. The maximum Gasteiger partial charge on any atom is 0.225 e. The molecule has 0 bridgehead atoms. The molecular weight excluding hydrogens is 242 g/mol. The van der Waals surface area contributed by atoms with E-state index in [0.29, 0.717) is 17.8 Å². The molecule has 1 aliphatic heterocycles. The zero-order chi connectivity index (χ0) is 12.6. The average molecular weight is 257 g/mol. The van der Waals surface area contributed by atoms with Gasteiger partial charge < -0.3 is 5.32 Å². The third-order valence-corrected chi connectivity index (χ3v) is 4.51. The molecule has 2 heterocycles. The predicted octanol–water partition coefficient (Wildman–Crippen LogP) is 0.489. The SMILES string of the molecule is CCCc1nn(C)c2c1NC(=O)CCS2(=O)=O. The van der Waals surface area contributed by atoms with Gasteiger partial charge in [0.2, 0.25) is 5.91 Å². The second-order valence-corrected chi connectivity index (χ2v) is 6.14. The third-order valence-electron chi connectivity index (χ3n) is 2.71. The lowest BCUT2D eigenvalue weighted by Crippen LogP contribution is -2.13. The number of nitrogens with zero attached hydrogens (tertiary/aromatic N) is 2. The summed E-state index contributed by atoms with van der Waals surface area (Å²) in [5, 5.41) is 6.96. The first kappa shape index (κ1) is 12.1. The summed E-state index contributed by atoms with van der Waals surface area (Å²) in [4.78, 5) is 11.5. The Balaban J connectivity index is 2.64. The van der Waals surface area contributed by atoms with Crippen LogP contribution in [0.3, 0.4) is 0 Å². The lowest BCUT2D eigenvalue weighted by Gasteiger charge is -2.02. The monoisotopic (exact) mass is 257 g/mol. The number of amides is 1. The van der Waals surface area contributed by atoms with Gasteiger partial charge in [0.15, 0.2) is 14.9 Å². The number of aryl methyl sites for hydroxylation is 2. The van der Waals surface area contributed by atoms with Crippen LogP contribution in [-0.2, 0) is 28.1 Å². The van der Waals surface area contributed by atoms with Crippen LogP contribution in [0.2, 0.25) is 0 Å². The van der Waals surface area contributed by atoms with E-state index < -0.39 is 9.84 Å². The van der Waals surface area contributed by atoms with Crippen molar-refractivity contribution in [2.45, 2.75) is 31.2 Å². The topological polar surface area (TPSA) is 81.1 Å². The Morgan fingerprint density at radius 3 is 2.82 bits per heavy atom. The van der Waals surface area contributed by atoms with Crippen molar-refractivity contribution in [2.24, 2.45) is 7.05 Å². The minimum Gasteiger partial charge on any atom is -0.322 e. The van der Waals surface area contributed by atoms with Gasteiger partial charge in [-0.15, -0.1) is 0 Å². The molecule has 1 aromatic rings. The van der Waals surface area contributed by atoms with E-state index in [9.17, 15) is 13.2 Å². The zero-order valence-electron chi connectivity index (χ0n) is 9.86. The molecule has 94 valence electrons. The first-order valence-corrected chi connectivity index (χ1v) is 7.19. The van der Waals surface area contributed by atoms with Gasteiger partial charge in [-0.3, -0.25) is 9.48 Å². The van der Waals surface area contributed by atoms with Crippen LogP contribution in [0, 0.1) is 0 Å². The standard InChI is InChI=1S/C10H15N3O3S/c1-3-4-7-9-10(13(2)12-7)17(15,16)6-5-8(14)11-9/h3-6H2,1-2H3,(H,11,14). The molecule has 1 N–H and O–H groups in total. The highest BCUT2D eigenvalue weighted by Gasteiger charge is 2.31. The fourth-order valence-electron chi connectivity index (χ4n) is 1.98. The van der Waals surface area contributed by atoms with Gasteiger partial charge in [0.1, 0.15) is 5.69 Å². The molecule has 7 heteroatoms. The van der Waals surface area contributed by atoms with Gasteiger partial charge in [0.05, 0.1) is 11.4 Å². The van der Waals surface area contributed by atoms with Gasteiger partial charge in [-0.1, -0.05) is 13.3 Å². The van der Waals surface area contributed by atoms with Crippen LogP contribution < -0.4 is 5.32 Å². The summed E-state index contributed by atoms with van der Waals surface area (Å²) in [6, 6.07) is 0. The molecule has 0 unspecified atom stereocenters. The van der Waals surface area contributed by atoms with Crippen molar-refractivity contribution in [3.05, 3.63) is 5.69 Å². The van der Waals surface area contributed by atoms with E-state index in [4.69, 9.17) is 0 Å². The number of nitrogens with one attached hydrogen (secondary N) is 1. The number of fused-ring (bicyclic) bond motifs is 1. The molecule has 6 nitrogen and oxygen atoms in total. The van der Waals surface area contributed by atoms with Gasteiger partial charge >= 0.3 is 0 Å². The van der Waals surface area contributed by atoms with Crippen molar-refractivity contribution in [3.63, 3.8) is 0 Å². The highest BCUT2D eigenvalue weighted by atomic mass is 32.2. The zero-order valence-corrected chi connectivity index (χ0v) is 10.7. The number of rotatable bonds is 2. The summed E-state index contributed by atoms with van der Waals surface area (Å²) in [5.41, 5.74) is 1.01. The Morgan fingerprint density at radius 2 is 2.18 bits per heavy atom. The summed E-state index contributed by atoms with van der Waals surface area (Å²) >= 11 is 0. The second kappa shape index (κ2) is 4.14. The molecule has 0 saturated carbocycles. The molecule has 0 fully saturated rings. The van der Waals surface area contributed by atoms with E-state index in [1.165, 1.54) is 4.68 Å². The van der Waals surface area contributed by atoms with Gasteiger partial charge in [-0.05, 0) is 6.42 Å². The largest absolute Gasteiger partial charge is 0.322 e. The molecular formula is C10H15N3O3S. The molecule has 0 saturated heterocycles. The summed E-state index contributed by atoms with van der Waals surface area (Å²) in [6.45, 7) is 1.98. The van der Waals surface area contributed by atoms with Crippen LogP contribution in [-0.4, -0.2) is 29.9 Å². The van der Waals surface area contributed by atoms with Crippen molar-refractivity contribution in [2.75, 3.05) is 11.1 Å². The second-order valence-electron chi connectivity index (χ2n) is 4.12. The van der Waals surface area contributed by atoms with Crippen molar-refractivity contribution in [1.29, 1.82) is 0 Å². The van der Waals surface area contributed by atoms with Gasteiger partial charge in [-0.2, -0.15) is 5.10 Å². The van der Waals surface area contributed by atoms with Crippen LogP contribution >= 0.6 is 0 Å². The number of hydrogen-bond donors (Lipinski definition) is 1. The number of sulfone groups is 1. The van der Waals surface area contributed by atoms with Crippen LogP contribution in [0.25, 0.3) is 0 Å². The van der Waals surface area contributed by atoms with E-state index in [0.717, 1.165) is 6.42 Å². The minimum absolute atomic E-state index is 0.00256. The lowest BCUT2D eigenvalue weighted by atomic mass is 10.2. The molecule has 1 amide bonds. The Morgan fingerprint density at radius 1 is 1.47 bits per heavy atom. The van der Waals surface area contributed by atoms with Crippen molar-refractivity contribution >= 4 is 21.4 Å². The Labute approximate surface area is 99.9 Å².